The Hall–Kier alpha value is -0.570. The van der Waals surface area contributed by atoms with Crippen LogP contribution in [-0.4, -0.2) is 25.0 Å². The molecule has 0 radical (unpaired) electrons. The van der Waals surface area contributed by atoms with Gasteiger partial charge in [-0.15, -0.1) is 0 Å². The summed E-state index contributed by atoms with van der Waals surface area (Å²) in [6.45, 7) is 4.04. The first kappa shape index (κ1) is 11.9. The molecule has 0 aromatic carbocycles. The fourth-order valence-electron chi connectivity index (χ4n) is 2.70. The average molecular weight is 224 g/mol. The number of hydrogen-bond acceptors (Lipinski definition) is 2. The summed E-state index contributed by atoms with van der Waals surface area (Å²) in [7, 11) is 0. The van der Waals surface area contributed by atoms with Crippen LogP contribution in [0.4, 0.5) is 0 Å². The van der Waals surface area contributed by atoms with Crippen molar-refractivity contribution < 1.29 is 4.79 Å². The molecule has 0 aromatic heterocycles. The molecule has 2 N–H and O–H groups in total. The van der Waals surface area contributed by atoms with Gasteiger partial charge in [0, 0.05) is 18.5 Å². The Kier molecular flexibility index (Phi) is 4.22. The molecule has 2 rings (SSSR count). The maximum absolute atomic E-state index is 11.9. The number of carbonyl (C=O) groups is 1. The van der Waals surface area contributed by atoms with Gasteiger partial charge in [-0.2, -0.15) is 0 Å². The zero-order chi connectivity index (χ0) is 11.4. The molecule has 1 heterocycles. The topological polar surface area (TPSA) is 41.1 Å². The highest BCUT2D eigenvalue weighted by molar-refractivity contribution is 5.78. The average Bonchev–Trinajstić information content (AvgIpc) is 2.21. The van der Waals surface area contributed by atoms with Gasteiger partial charge in [0.2, 0.25) is 5.91 Å². The Balaban J connectivity index is 1.62. The quantitative estimate of drug-likeness (QED) is 0.763. The van der Waals surface area contributed by atoms with E-state index in [4.69, 9.17) is 0 Å². The Labute approximate surface area is 98.4 Å². The Morgan fingerprint density at radius 3 is 2.81 bits per heavy atom. The minimum atomic E-state index is 0.248. The minimum absolute atomic E-state index is 0.248. The molecule has 2 fully saturated rings. The van der Waals surface area contributed by atoms with E-state index in [-0.39, 0.29) is 11.8 Å². The zero-order valence-electron chi connectivity index (χ0n) is 10.3. The molecular weight excluding hydrogens is 200 g/mol. The van der Waals surface area contributed by atoms with Crippen LogP contribution in [0.25, 0.3) is 0 Å². The number of amides is 1. The summed E-state index contributed by atoms with van der Waals surface area (Å²) in [6, 6.07) is 0.496. The molecule has 2 aliphatic rings. The first-order chi connectivity index (χ1) is 7.75. The molecule has 0 aromatic rings. The first-order valence-corrected chi connectivity index (χ1v) is 6.77. The molecular formula is C13H24N2O. The van der Waals surface area contributed by atoms with Gasteiger partial charge in [0.15, 0.2) is 0 Å². The van der Waals surface area contributed by atoms with E-state index in [0.29, 0.717) is 6.04 Å². The van der Waals surface area contributed by atoms with Gasteiger partial charge in [0.25, 0.3) is 0 Å². The van der Waals surface area contributed by atoms with Crippen LogP contribution in [0.5, 0.6) is 0 Å². The van der Waals surface area contributed by atoms with Crippen molar-refractivity contribution in [2.75, 3.05) is 13.1 Å². The fourth-order valence-corrected chi connectivity index (χ4v) is 2.70. The van der Waals surface area contributed by atoms with Gasteiger partial charge in [0.1, 0.15) is 0 Å². The van der Waals surface area contributed by atoms with Crippen molar-refractivity contribution in [3.8, 4) is 0 Å². The molecule has 1 aliphatic heterocycles. The molecule has 0 bridgehead atoms. The monoisotopic (exact) mass is 224 g/mol. The molecule has 2 unspecified atom stereocenters. The second-order valence-corrected chi connectivity index (χ2v) is 5.45. The number of carbonyl (C=O) groups excluding carboxylic acids is 1. The summed E-state index contributed by atoms with van der Waals surface area (Å²) in [4.78, 5) is 11.9. The summed E-state index contributed by atoms with van der Waals surface area (Å²) in [5, 5.41) is 6.48. The molecule has 1 saturated carbocycles. The number of nitrogens with one attached hydrogen (secondary N) is 2. The van der Waals surface area contributed by atoms with Crippen LogP contribution in [0.3, 0.4) is 0 Å². The smallest absolute Gasteiger partial charge is 0.223 e. The largest absolute Gasteiger partial charge is 0.356 e. The van der Waals surface area contributed by atoms with E-state index < -0.39 is 0 Å². The third kappa shape index (κ3) is 3.21. The minimum Gasteiger partial charge on any atom is -0.356 e. The van der Waals surface area contributed by atoms with Gasteiger partial charge in [-0.3, -0.25) is 4.79 Å². The Morgan fingerprint density at radius 2 is 2.19 bits per heavy atom. The van der Waals surface area contributed by atoms with Crippen LogP contribution in [0.1, 0.15) is 45.4 Å². The third-order valence-corrected chi connectivity index (χ3v) is 4.07. The van der Waals surface area contributed by atoms with Crippen molar-refractivity contribution in [1.82, 2.24) is 10.6 Å². The van der Waals surface area contributed by atoms with E-state index in [2.05, 4.69) is 17.6 Å². The van der Waals surface area contributed by atoms with Crippen molar-refractivity contribution in [2.45, 2.75) is 51.5 Å². The molecule has 1 aliphatic carbocycles. The maximum Gasteiger partial charge on any atom is 0.223 e. The number of hydrogen-bond donors (Lipinski definition) is 2. The van der Waals surface area contributed by atoms with Gasteiger partial charge >= 0.3 is 0 Å². The first-order valence-electron chi connectivity index (χ1n) is 6.77. The fraction of sp³-hybridized carbons (Fsp3) is 0.923. The van der Waals surface area contributed by atoms with Crippen molar-refractivity contribution in [1.29, 1.82) is 0 Å². The highest BCUT2D eigenvalue weighted by Crippen LogP contribution is 2.28. The van der Waals surface area contributed by atoms with E-state index in [1.807, 2.05) is 0 Å². The molecule has 0 spiro atoms. The van der Waals surface area contributed by atoms with Crippen molar-refractivity contribution in [3.05, 3.63) is 0 Å². The highest BCUT2D eigenvalue weighted by atomic mass is 16.1. The lowest BCUT2D eigenvalue weighted by Gasteiger charge is -2.28. The summed E-state index contributed by atoms with van der Waals surface area (Å²) in [6.07, 6.45) is 7.33. The Bertz CT molecular complexity index is 238. The van der Waals surface area contributed by atoms with Crippen LogP contribution in [0, 0.1) is 11.8 Å². The van der Waals surface area contributed by atoms with Crippen LogP contribution in [0.2, 0.25) is 0 Å². The molecule has 2 atom stereocenters. The summed E-state index contributed by atoms with van der Waals surface area (Å²) in [5.74, 6) is 1.43. The van der Waals surface area contributed by atoms with E-state index >= 15 is 0 Å². The lowest BCUT2D eigenvalue weighted by Crippen LogP contribution is -2.42. The second kappa shape index (κ2) is 5.67. The van der Waals surface area contributed by atoms with E-state index in [1.165, 1.54) is 25.7 Å². The van der Waals surface area contributed by atoms with Gasteiger partial charge < -0.3 is 10.6 Å². The predicted octanol–water partition coefficient (Wildman–Crippen LogP) is 1.68. The van der Waals surface area contributed by atoms with Gasteiger partial charge in [-0.1, -0.05) is 19.3 Å². The standard InChI is InChI=1S/C13H24N2O/c1-10-9-12(6-8-14-10)13(16)15-7-5-11-3-2-4-11/h10-12,14H,2-9H2,1H3,(H,15,16). The van der Waals surface area contributed by atoms with Crippen LogP contribution in [-0.2, 0) is 4.79 Å². The highest BCUT2D eigenvalue weighted by Gasteiger charge is 2.24. The molecule has 1 amide bonds. The third-order valence-electron chi connectivity index (χ3n) is 4.07. The van der Waals surface area contributed by atoms with Crippen LogP contribution >= 0.6 is 0 Å². The number of rotatable bonds is 4. The van der Waals surface area contributed by atoms with E-state index in [1.54, 1.807) is 0 Å². The summed E-state index contributed by atoms with van der Waals surface area (Å²) in [5.41, 5.74) is 0. The number of piperidine rings is 1. The van der Waals surface area contributed by atoms with Crippen molar-refractivity contribution >= 4 is 5.91 Å². The lowest BCUT2D eigenvalue weighted by molar-refractivity contribution is -0.126. The van der Waals surface area contributed by atoms with Crippen molar-refractivity contribution in [3.63, 3.8) is 0 Å². The molecule has 3 heteroatoms. The van der Waals surface area contributed by atoms with Crippen molar-refractivity contribution in [2.24, 2.45) is 11.8 Å². The predicted molar refractivity (Wildman–Crippen MR) is 65.2 cm³/mol. The van der Waals surface area contributed by atoms with Gasteiger partial charge in [-0.25, -0.2) is 0 Å². The maximum atomic E-state index is 11.9. The van der Waals surface area contributed by atoms with Gasteiger partial charge in [0.05, 0.1) is 0 Å². The second-order valence-electron chi connectivity index (χ2n) is 5.45. The zero-order valence-corrected chi connectivity index (χ0v) is 10.3. The molecule has 1 saturated heterocycles. The van der Waals surface area contributed by atoms with Crippen LogP contribution in [0.15, 0.2) is 0 Å². The molecule has 92 valence electrons. The van der Waals surface area contributed by atoms with Crippen LogP contribution < -0.4 is 10.6 Å². The summed E-state index contributed by atoms with van der Waals surface area (Å²) >= 11 is 0. The van der Waals surface area contributed by atoms with Gasteiger partial charge in [-0.05, 0) is 38.6 Å². The SMILES string of the molecule is CC1CC(C(=O)NCCC2CCC2)CCN1. The Morgan fingerprint density at radius 1 is 1.38 bits per heavy atom. The molecule has 3 nitrogen and oxygen atoms in total. The summed E-state index contributed by atoms with van der Waals surface area (Å²) < 4.78 is 0. The van der Waals surface area contributed by atoms with E-state index in [0.717, 1.165) is 31.8 Å². The normalized spacial score (nSPS) is 30.8. The van der Waals surface area contributed by atoms with E-state index in [9.17, 15) is 4.79 Å². The molecule has 16 heavy (non-hydrogen) atoms. The lowest BCUT2D eigenvalue weighted by atomic mass is 9.83.